The third kappa shape index (κ3) is 20.0. The lowest BCUT2D eigenvalue weighted by Gasteiger charge is -2.14. The lowest BCUT2D eigenvalue weighted by Crippen LogP contribution is -2.21. The first kappa shape index (κ1) is 24.9. The van der Waals surface area contributed by atoms with Crippen molar-refractivity contribution in [2.75, 3.05) is 13.2 Å². The van der Waals surface area contributed by atoms with Crippen molar-refractivity contribution in [3.63, 3.8) is 0 Å². The highest BCUT2D eigenvalue weighted by molar-refractivity contribution is 4.57. The minimum atomic E-state index is -0.379. The predicted molar refractivity (Wildman–Crippen MR) is 108 cm³/mol. The zero-order valence-electron chi connectivity index (χ0n) is 17.2. The third-order valence-electron chi connectivity index (χ3n) is 4.97. The summed E-state index contributed by atoms with van der Waals surface area (Å²) in [5, 5.41) is 18.6. The Hall–Kier alpha value is -0.120. The van der Waals surface area contributed by atoms with E-state index in [-0.39, 0.29) is 18.8 Å². The van der Waals surface area contributed by atoms with Crippen molar-refractivity contribution in [1.29, 1.82) is 0 Å². The Bertz CT molecular complexity index is 245. The molecule has 0 aromatic rings. The fraction of sp³-hybridized carbons (Fsp3) is 1.00. The average molecular weight is 359 g/mol. The van der Waals surface area contributed by atoms with Crippen LogP contribution in [0.4, 0.5) is 0 Å². The monoisotopic (exact) mass is 358 g/mol. The van der Waals surface area contributed by atoms with Crippen molar-refractivity contribution in [2.24, 2.45) is 0 Å². The Morgan fingerprint density at radius 3 is 1.48 bits per heavy atom. The standard InChI is InChI=1S/C22H46O3/c1-3-4-5-6-7-8-9-10-11-12-13-14-15-16-17-18-22(24)20-25-21(2)19-23/h21-24H,3-20H2,1-2H3. The predicted octanol–water partition coefficient (Wildman–Crippen LogP) is 6.01. The second-order valence-corrected chi connectivity index (χ2v) is 7.72. The minimum Gasteiger partial charge on any atom is -0.394 e. The van der Waals surface area contributed by atoms with Crippen LogP contribution in [0.1, 0.15) is 117 Å². The zero-order valence-corrected chi connectivity index (χ0v) is 17.2. The second-order valence-electron chi connectivity index (χ2n) is 7.72. The molecular formula is C22H46O3. The van der Waals surface area contributed by atoms with E-state index in [1.54, 1.807) is 0 Å². The Morgan fingerprint density at radius 1 is 0.680 bits per heavy atom. The van der Waals surface area contributed by atoms with Crippen LogP contribution in [0, 0.1) is 0 Å². The lowest BCUT2D eigenvalue weighted by molar-refractivity contribution is -0.0259. The molecule has 0 aromatic carbocycles. The largest absolute Gasteiger partial charge is 0.394 e. The Balaban J connectivity index is 3.11. The summed E-state index contributed by atoms with van der Waals surface area (Å²) in [6, 6.07) is 0. The number of unbranched alkanes of at least 4 members (excludes halogenated alkanes) is 14. The quantitative estimate of drug-likeness (QED) is 0.262. The summed E-state index contributed by atoms with van der Waals surface area (Å²) in [7, 11) is 0. The van der Waals surface area contributed by atoms with Crippen molar-refractivity contribution in [1.82, 2.24) is 0 Å². The van der Waals surface area contributed by atoms with Crippen molar-refractivity contribution in [3.8, 4) is 0 Å². The van der Waals surface area contributed by atoms with E-state index in [2.05, 4.69) is 6.92 Å². The Kier molecular flexibility index (Phi) is 20.1. The van der Waals surface area contributed by atoms with Crippen LogP contribution in [-0.2, 0) is 4.74 Å². The molecule has 0 rings (SSSR count). The third-order valence-corrected chi connectivity index (χ3v) is 4.97. The fourth-order valence-electron chi connectivity index (χ4n) is 3.16. The maximum atomic E-state index is 9.79. The van der Waals surface area contributed by atoms with Gasteiger partial charge in [-0.05, 0) is 13.3 Å². The number of rotatable bonds is 20. The van der Waals surface area contributed by atoms with E-state index < -0.39 is 0 Å². The molecule has 0 saturated carbocycles. The van der Waals surface area contributed by atoms with Gasteiger partial charge in [-0.1, -0.05) is 103 Å². The van der Waals surface area contributed by atoms with Crippen LogP contribution in [-0.4, -0.2) is 35.6 Å². The van der Waals surface area contributed by atoms with E-state index in [9.17, 15) is 5.11 Å². The summed E-state index contributed by atoms with van der Waals surface area (Å²) in [4.78, 5) is 0. The van der Waals surface area contributed by atoms with E-state index >= 15 is 0 Å². The van der Waals surface area contributed by atoms with Gasteiger partial charge in [-0.25, -0.2) is 0 Å². The van der Waals surface area contributed by atoms with Gasteiger partial charge in [0.25, 0.3) is 0 Å². The van der Waals surface area contributed by atoms with Gasteiger partial charge in [0.05, 0.1) is 25.4 Å². The first-order valence-electron chi connectivity index (χ1n) is 11.1. The van der Waals surface area contributed by atoms with Crippen LogP contribution in [0.2, 0.25) is 0 Å². The van der Waals surface area contributed by atoms with Gasteiger partial charge in [-0.2, -0.15) is 0 Å². The van der Waals surface area contributed by atoms with Crippen molar-refractivity contribution in [2.45, 2.75) is 129 Å². The second kappa shape index (κ2) is 20.2. The average Bonchev–Trinajstić information content (AvgIpc) is 2.62. The molecule has 0 bridgehead atoms. The van der Waals surface area contributed by atoms with Crippen molar-refractivity contribution >= 4 is 0 Å². The highest BCUT2D eigenvalue weighted by Gasteiger charge is 2.07. The Labute approximate surface area is 157 Å². The topological polar surface area (TPSA) is 49.7 Å². The van der Waals surface area contributed by atoms with Crippen LogP contribution in [0.3, 0.4) is 0 Å². The highest BCUT2D eigenvalue weighted by Crippen LogP contribution is 2.14. The number of aliphatic hydroxyl groups excluding tert-OH is 2. The van der Waals surface area contributed by atoms with Crippen LogP contribution in [0.5, 0.6) is 0 Å². The highest BCUT2D eigenvalue weighted by atomic mass is 16.5. The summed E-state index contributed by atoms with van der Waals surface area (Å²) in [5.41, 5.74) is 0. The van der Waals surface area contributed by atoms with Crippen LogP contribution in [0.25, 0.3) is 0 Å². The van der Waals surface area contributed by atoms with Crippen molar-refractivity contribution in [3.05, 3.63) is 0 Å². The number of ether oxygens (including phenoxy) is 1. The van der Waals surface area contributed by atoms with E-state index in [4.69, 9.17) is 9.84 Å². The molecule has 0 heterocycles. The van der Waals surface area contributed by atoms with Gasteiger partial charge in [0.2, 0.25) is 0 Å². The molecule has 152 valence electrons. The molecule has 0 radical (unpaired) electrons. The molecule has 3 heteroatoms. The molecule has 0 saturated heterocycles. The number of hydrogen-bond acceptors (Lipinski definition) is 3. The molecule has 2 N–H and O–H groups in total. The van der Waals surface area contributed by atoms with Gasteiger partial charge in [-0.3, -0.25) is 0 Å². The van der Waals surface area contributed by atoms with E-state index in [0.717, 1.165) is 12.8 Å². The molecule has 0 amide bonds. The molecule has 0 fully saturated rings. The van der Waals surface area contributed by atoms with Crippen LogP contribution >= 0.6 is 0 Å². The molecule has 0 aliphatic rings. The number of hydrogen-bond donors (Lipinski definition) is 2. The molecular weight excluding hydrogens is 312 g/mol. The van der Waals surface area contributed by atoms with E-state index in [1.165, 1.54) is 89.9 Å². The van der Waals surface area contributed by atoms with Gasteiger partial charge < -0.3 is 14.9 Å². The maximum absolute atomic E-state index is 9.79. The first-order chi connectivity index (χ1) is 12.2. The summed E-state index contributed by atoms with van der Waals surface area (Å²) < 4.78 is 5.33. The SMILES string of the molecule is CCCCCCCCCCCCCCCCCC(O)COC(C)CO. The van der Waals surface area contributed by atoms with Crippen molar-refractivity contribution < 1.29 is 14.9 Å². The smallest absolute Gasteiger partial charge is 0.0779 e. The van der Waals surface area contributed by atoms with E-state index in [0.29, 0.717) is 6.61 Å². The number of aliphatic hydroxyl groups is 2. The fourth-order valence-corrected chi connectivity index (χ4v) is 3.16. The molecule has 0 aliphatic heterocycles. The van der Waals surface area contributed by atoms with Gasteiger partial charge in [0, 0.05) is 0 Å². The van der Waals surface area contributed by atoms with Gasteiger partial charge in [0.15, 0.2) is 0 Å². The summed E-state index contributed by atoms with van der Waals surface area (Å²) in [6.07, 6.45) is 20.7. The maximum Gasteiger partial charge on any atom is 0.0779 e. The minimum absolute atomic E-state index is 0.0195. The van der Waals surface area contributed by atoms with Gasteiger partial charge >= 0.3 is 0 Å². The zero-order chi connectivity index (χ0) is 18.6. The molecule has 0 aromatic heterocycles. The van der Waals surface area contributed by atoms with Gasteiger partial charge in [0.1, 0.15) is 0 Å². The molecule has 2 atom stereocenters. The first-order valence-corrected chi connectivity index (χ1v) is 11.1. The molecule has 2 unspecified atom stereocenters. The molecule has 3 nitrogen and oxygen atoms in total. The normalized spacial score (nSPS) is 13.9. The molecule has 0 aliphatic carbocycles. The molecule has 0 spiro atoms. The summed E-state index contributed by atoms with van der Waals surface area (Å²) >= 11 is 0. The van der Waals surface area contributed by atoms with Gasteiger partial charge in [-0.15, -0.1) is 0 Å². The lowest BCUT2D eigenvalue weighted by atomic mass is 10.0. The molecule has 25 heavy (non-hydrogen) atoms. The summed E-state index contributed by atoms with van der Waals surface area (Å²) in [6.45, 7) is 4.46. The van der Waals surface area contributed by atoms with E-state index in [1.807, 2.05) is 6.92 Å². The Morgan fingerprint density at radius 2 is 1.08 bits per heavy atom. The summed E-state index contributed by atoms with van der Waals surface area (Å²) in [5.74, 6) is 0. The van der Waals surface area contributed by atoms with Crippen LogP contribution in [0.15, 0.2) is 0 Å². The van der Waals surface area contributed by atoms with Crippen LogP contribution < -0.4 is 0 Å².